The number of likely N-dealkylation sites (N-methyl/N-ethyl adjacent to an activating group) is 1. The quantitative estimate of drug-likeness (QED) is 0.857. The second-order valence-corrected chi connectivity index (χ2v) is 5.89. The van der Waals surface area contributed by atoms with E-state index in [1.165, 1.54) is 26.0 Å². The highest BCUT2D eigenvalue weighted by molar-refractivity contribution is 7.89. The number of hydrogen-bond acceptors (Lipinski definition) is 4. The largest absolute Gasteiger partial charge is 0.383 e. The highest BCUT2D eigenvalue weighted by atomic mass is 32.2. The van der Waals surface area contributed by atoms with Gasteiger partial charge in [0.25, 0.3) is 5.91 Å². The van der Waals surface area contributed by atoms with E-state index in [0.29, 0.717) is 0 Å². The minimum Gasteiger partial charge on any atom is -0.383 e. The van der Waals surface area contributed by atoms with Crippen LogP contribution in [-0.2, 0) is 14.8 Å². The highest BCUT2D eigenvalue weighted by Gasteiger charge is 2.21. The molecule has 0 unspecified atom stereocenters. The number of ether oxygens (including phenoxy) is 1. The molecule has 0 fully saturated rings. The molecule has 0 saturated carbocycles. The van der Waals surface area contributed by atoms with Crippen LogP contribution in [0.25, 0.3) is 0 Å². The van der Waals surface area contributed by atoms with E-state index in [0.717, 1.165) is 12.1 Å². The Morgan fingerprint density at radius 1 is 1.45 bits per heavy atom. The molecule has 0 aromatic heterocycles. The number of primary sulfonamides is 1. The van der Waals surface area contributed by atoms with Gasteiger partial charge >= 0.3 is 0 Å². The molecule has 0 aliphatic carbocycles. The molecule has 1 amide bonds. The van der Waals surface area contributed by atoms with Gasteiger partial charge in [-0.3, -0.25) is 4.79 Å². The zero-order valence-electron chi connectivity index (χ0n) is 11.5. The maximum atomic E-state index is 13.8. The zero-order valence-corrected chi connectivity index (χ0v) is 12.3. The van der Waals surface area contributed by atoms with Gasteiger partial charge in [0.2, 0.25) is 10.0 Å². The number of nitrogens with zero attached hydrogens (tertiary/aromatic N) is 1. The van der Waals surface area contributed by atoms with Crippen molar-refractivity contribution in [1.82, 2.24) is 4.90 Å². The summed E-state index contributed by atoms with van der Waals surface area (Å²) in [6.45, 7) is 1.96. The number of aryl methyl sites for hydroxylation is 1. The van der Waals surface area contributed by atoms with Crippen molar-refractivity contribution in [3.8, 4) is 0 Å². The normalized spacial score (nSPS) is 11.4. The van der Waals surface area contributed by atoms with Gasteiger partial charge in [0.15, 0.2) is 0 Å². The number of carbonyl (C=O) groups excluding carboxylic acids is 1. The molecule has 8 heteroatoms. The number of methoxy groups -OCH3 is 1. The van der Waals surface area contributed by atoms with Gasteiger partial charge in [0.05, 0.1) is 17.1 Å². The van der Waals surface area contributed by atoms with Crippen molar-refractivity contribution < 1.29 is 22.3 Å². The van der Waals surface area contributed by atoms with E-state index in [2.05, 4.69) is 0 Å². The molecule has 0 atom stereocenters. The minimum absolute atomic E-state index is 0.154. The summed E-state index contributed by atoms with van der Waals surface area (Å²) in [6.07, 6.45) is 0. The number of halogens is 1. The number of carbonyl (C=O) groups is 1. The Morgan fingerprint density at radius 2 is 2.05 bits per heavy atom. The Kier molecular flexibility index (Phi) is 5.21. The molecule has 1 aromatic rings. The van der Waals surface area contributed by atoms with E-state index in [4.69, 9.17) is 9.88 Å². The van der Waals surface area contributed by atoms with Gasteiger partial charge in [-0.2, -0.15) is 0 Å². The fourth-order valence-electron chi connectivity index (χ4n) is 1.66. The smallest absolute Gasteiger partial charge is 0.256 e. The number of amides is 1. The minimum atomic E-state index is -4.01. The van der Waals surface area contributed by atoms with E-state index in [-0.39, 0.29) is 29.2 Å². The molecule has 0 aliphatic heterocycles. The van der Waals surface area contributed by atoms with E-state index < -0.39 is 21.7 Å². The van der Waals surface area contributed by atoms with Crippen LogP contribution in [0.1, 0.15) is 15.9 Å². The third kappa shape index (κ3) is 3.75. The van der Waals surface area contributed by atoms with E-state index in [9.17, 15) is 17.6 Å². The summed E-state index contributed by atoms with van der Waals surface area (Å²) in [6, 6.07) is 1.95. The van der Waals surface area contributed by atoms with Crippen LogP contribution in [0.2, 0.25) is 0 Å². The van der Waals surface area contributed by atoms with Crippen LogP contribution >= 0.6 is 0 Å². The first-order valence-electron chi connectivity index (χ1n) is 5.75. The Morgan fingerprint density at radius 3 is 2.55 bits per heavy atom. The lowest BCUT2D eigenvalue weighted by atomic mass is 10.1. The monoisotopic (exact) mass is 304 g/mol. The zero-order chi connectivity index (χ0) is 15.5. The summed E-state index contributed by atoms with van der Waals surface area (Å²) < 4.78 is 41.4. The van der Waals surface area contributed by atoms with E-state index in [1.54, 1.807) is 0 Å². The molecule has 0 aliphatic rings. The molecular weight excluding hydrogens is 287 g/mol. The molecule has 2 N–H and O–H groups in total. The summed E-state index contributed by atoms with van der Waals surface area (Å²) >= 11 is 0. The molecule has 0 saturated heterocycles. The van der Waals surface area contributed by atoms with Crippen LogP contribution in [-0.4, -0.2) is 46.5 Å². The molecule has 6 nitrogen and oxygen atoms in total. The molecule has 0 spiro atoms. The van der Waals surface area contributed by atoms with Crippen molar-refractivity contribution in [2.45, 2.75) is 11.8 Å². The van der Waals surface area contributed by atoms with Crippen LogP contribution in [0.4, 0.5) is 4.39 Å². The van der Waals surface area contributed by atoms with Gasteiger partial charge in [-0.25, -0.2) is 17.9 Å². The van der Waals surface area contributed by atoms with Crippen molar-refractivity contribution >= 4 is 15.9 Å². The second-order valence-electron chi connectivity index (χ2n) is 4.36. The average molecular weight is 304 g/mol. The van der Waals surface area contributed by atoms with Gasteiger partial charge in [0, 0.05) is 20.7 Å². The van der Waals surface area contributed by atoms with Crippen molar-refractivity contribution in [3.05, 3.63) is 29.1 Å². The maximum absolute atomic E-state index is 13.8. The van der Waals surface area contributed by atoms with Gasteiger partial charge in [-0.1, -0.05) is 0 Å². The molecule has 112 valence electrons. The van der Waals surface area contributed by atoms with Gasteiger partial charge in [0.1, 0.15) is 5.82 Å². The lowest BCUT2D eigenvalue weighted by molar-refractivity contribution is 0.0739. The Balaban J connectivity index is 3.22. The van der Waals surface area contributed by atoms with Crippen LogP contribution in [0.5, 0.6) is 0 Å². The standard InChI is InChI=1S/C12H17FN2O4S/c1-8-6-10(13)9(7-11(8)20(14,17)18)12(16)15(2)4-5-19-3/h6-7H,4-5H2,1-3H3,(H2,14,17,18). The summed E-state index contributed by atoms with van der Waals surface area (Å²) in [7, 11) is -1.07. The fourth-order valence-corrected chi connectivity index (χ4v) is 2.45. The maximum Gasteiger partial charge on any atom is 0.256 e. The van der Waals surface area contributed by atoms with E-state index in [1.807, 2.05) is 0 Å². The summed E-state index contributed by atoms with van der Waals surface area (Å²) in [5.74, 6) is -1.42. The predicted octanol–water partition coefficient (Wildman–Crippen LogP) is 0.500. The van der Waals surface area contributed by atoms with Crippen molar-refractivity contribution in [1.29, 1.82) is 0 Å². The Hall–Kier alpha value is -1.51. The van der Waals surface area contributed by atoms with Crippen molar-refractivity contribution in [2.75, 3.05) is 27.3 Å². The predicted molar refractivity (Wildman–Crippen MR) is 71.3 cm³/mol. The van der Waals surface area contributed by atoms with Crippen LogP contribution in [0, 0.1) is 12.7 Å². The van der Waals surface area contributed by atoms with Gasteiger partial charge in [-0.05, 0) is 24.6 Å². The lowest BCUT2D eigenvalue weighted by Crippen LogP contribution is -2.31. The van der Waals surface area contributed by atoms with E-state index >= 15 is 0 Å². The van der Waals surface area contributed by atoms with Crippen molar-refractivity contribution in [3.63, 3.8) is 0 Å². The number of benzene rings is 1. The molecule has 0 heterocycles. The average Bonchev–Trinajstić information content (AvgIpc) is 2.33. The first kappa shape index (κ1) is 16.5. The lowest BCUT2D eigenvalue weighted by Gasteiger charge is -2.17. The first-order chi connectivity index (χ1) is 9.18. The van der Waals surface area contributed by atoms with Crippen molar-refractivity contribution in [2.24, 2.45) is 5.14 Å². The molecule has 20 heavy (non-hydrogen) atoms. The SMILES string of the molecule is COCCN(C)C(=O)c1cc(S(N)(=O)=O)c(C)cc1F. The van der Waals surface area contributed by atoms with Crippen LogP contribution < -0.4 is 5.14 Å². The Labute approximate surface area is 117 Å². The summed E-state index contributed by atoms with van der Waals surface area (Å²) in [5.41, 5.74) is -0.181. The topological polar surface area (TPSA) is 89.7 Å². The van der Waals surface area contributed by atoms with Gasteiger partial charge in [-0.15, -0.1) is 0 Å². The molecule has 0 bridgehead atoms. The fraction of sp³-hybridized carbons (Fsp3) is 0.417. The highest BCUT2D eigenvalue weighted by Crippen LogP contribution is 2.20. The summed E-state index contributed by atoms with van der Waals surface area (Å²) in [5, 5.41) is 5.04. The number of rotatable bonds is 5. The second kappa shape index (κ2) is 6.29. The Bertz CT molecular complexity index is 616. The third-order valence-corrected chi connectivity index (χ3v) is 3.83. The number of hydrogen-bond donors (Lipinski definition) is 1. The number of sulfonamides is 1. The molecular formula is C12H17FN2O4S. The first-order valence-corrected chi connectivity index (χ1v) is 7.30. The van der Waals surface area contributed by atoms with Crippen LogP contribution in [0.3, 0.4) is 0 Å². The number of nitrogens with two attached hydrogens (primary N) is 1. The third-order valence-electron chi connectivity index (χ3n) is 2.78. The van der Waals surface area contributed by atoms with Gasteiger partial charge < -0.3 is 9.64 Å². The summed E-state index contributed by atoms with van der Waals surface area (Å²) in [4.78, 5) is 13.0. The molecule has 1 rings (SSSR count). The molecule has 1 aromatic carbocycles. The molecule has 0 radical (unpaired) electrons. The van der Waals surface area contributed by atoms with Crippen LogP contribution in [0.15, 0.2) is 17.0 Å².